The van der Waals surface area contributed by atoms with E-state index < -0.39 is 12.1 Å². The molecule has 0 unspecified atom stereocenters. The maximum Gasteiger partial charge on any atom is 0.513 e. The van der Waals surface area contributed by atoms with E-state index in [0.717, 1.165) is 12.8 Å². The van der Waals surface area contributed by atoms with Crippen molar-refractivity contribution in [2.45, 2.75) is 19.8 Å². The molecule has 0 fully saturated rings. The minimum absolute atomic E-state index is 0.147. The molecule has 1 aromatic rings. The molecule has 0 saturated carbocycles. The summed E-state index contributed by atoms with van der Waals surface area (Å²) in [5.74, 6) is -0.363. The van der Waals surface area contributed by atoms with Crippen molar-refractivity contribution in [3.8, 4) is 5.75 Å². The van der Waals surface area contributed by atoms with E-state index in [1.807, 2.05) is 6.92 Å². The second-order valence-corrected chi connectivity index (χ2v) is 3.80. The second-order valence-electron chi connectivity index (χ2n) is 3.80. The van der Waals surface area contributed by atoms with Crippen molar-refractivity contribution in [1.29, 1.82) is 0 Å². The zero-order chi connectivity index (χ0) is 14.3. The third-order valence-electron chi connectivity index (χ3n) is 2.34. The lowest BCUT2D eigenvalue weighted by atomic mass is 10.2. The molecule has 0 aliphatic rings. The number of methoxy groups -OCH3 is 1. The van der Waals surface area contributed by atoms with Gasteiger partial charge in [0.15, 0.2) is 5.75 Å². The van der Waals surface area contributed by atoms with Gasteiger partial charge in [0.2, 0.25) is 0 Å². The molecule has 0 radical (unpaired) electrons. The topological polar surface area (TPSA) is 87.8 Å². The smallest absolute Gasteiger partial charge is 0.465 e. The molecule has 104 valence electrons. The Morgan fingerprint density at radius 3 is 2.63 bits per heavy atom. The Morgan fingerprint density at radius 1 is 1.32 bits per heavy atom. The van der Waals surface area contributed by atoms with Gasteiger partial charge >= 0.3 is 12.1 Å². The van der Waals surface area contributed by atoms with Crippen molar-refractivity contribution >= 4 is 17.8 Å². The summed E-state index contributed by atoms with van der Waals surface area (Å²) in [6.45, 7) is 2.29. The first-order chi connectivity index (χ1) is 9.08. The van der Waals surface area contributed by atoms with Crippen LogP contribution in [0.1, 0.15) is 30.1 Å². The number of rotatable bonds is 5. The standard InChI is InChI=1S/C13H17NO5/c1-3-4-7-18-13(16)19-11-6-5-9(8-10(11)14)12(15)17-2/h5-6,8H,3-4,7,14H2,1-2H3. The van der Waals surface area contributed by atoms with E-state index in [2.05, 4.69) is 4.74 Å². The summed E-state index contributed by atoms with van der Waals surface area (Å²) >= 11 is 0. The Kier molecular flexibility index (Phi) is 5.66. The van der Waals surface area contributed by atoms with Crippen LogP contribution in [0.15, 0.2) is 18.2 Å². The molecule has 1 rings (SSSR count). The Morgan fingerprint density at radius 2 is 2.05 bits per heavy atom. The van der Waals surface area contributed by atoms with Gasteiger partial charge in [0.05, 0.1) is 25.0 Å². The first kappa shape index (κ1) is 14.8. The van der Waals surface area contributed by atoms with Crippen LogP contribution in [0.4, 0.5) is 10.5 Å². The second kappa shape index (κ2) is 7.25. The molecule has 0 spiro atoms. The zero-order valence-electron chi connectivity index (χ0n) is 11.0. The lowest BCUT2D eigenvalue weighted by Gasteiger charge is -2.08. The molecular formula is C13H17NO5. The summed E-state index contributed by atoms with van der Waals surface area (Å²) in [5, 5.41) is 0. The minimum Gasteiger partial charge on any atom is -0.465 e. The van der Waals surface area contributed by atoms with Crippen LogP contribution in [0.25, 0.3) is 0 Å². The molecule has 0 atom stereocenters. The van der Waals surface area contributed by atoms with Gasteiger partial charge < -0.3 is 19.9 Å². The van der Waals surface area contributed by atoms with Crippen LogP contribution in [0.3, 0.4) is 0 Å². The maximum absolute atomic E-state index is 11.3. The molecule has 0 heterocycles. The van der Waals surface area contributed by atoms with E-state index in [0.29, 0.717) is 6.61 Å². The normalized spacial score (nSPS) is 9.79. The van der Waals surface area contributed by atoms with E-state index in [-0.39, 0.29) is 17.0 Å². The fourth-order valence-corrected chi connectivity index (χ4v) is 1.31. The van der Waals surface area contributed by atoms with Crippen molar-refractivity contribution in [3.63, 3.8) is 0 Å². The van der Waals surface area contributed by atoms with Crippen molar-refractivity contribution in [2.75, 3.05) is 19.5 Å². The summed E-state index contributed by atoms with van der Waals surface area (Å²) in [5.41, 5.74) is 6.12. The molecule has 0 bridgehead atoms. The van der Waals surface area contributed by atoms with Crippen LogP contribution in [-0.2, 0) is 9.47 Å². The third kappa shape index (κ3) is 4.50. The lowest BCUT2D eigenvalue weighted by molar-refractivity contribution is 0.0601. The number of benzene rings is 1. The number of nitrogen functional groups attached to an aromatic ring is 1. The summed E-state index contributed by atoms with van der Waals surface area (Å²) in [7, 11) is 1.27. The average Bonchev–Trinajstić information content (AvgIpc) is 2.40. The monoisotopic (exact) mass is 267 g/mol. The van der Waals surface area contributed by atoms with Crippen molar-refractivity contribution in [1.82, 2.24) is 0 Å². The molecule has 19 heavy (non-hydrogen) atoms. The Balaban J connectivity index is 2.64. The third-order valence-corrected chi connectivity index (χ3v) is 2.34. The van der Waals surface area contributed by atoms with E-state index in [1.54, 1.807) is 0 Å². The van der Waals surface area contributed by atoms with Crippen molar-refractivity contribution in [2.24, 2.45) is 0 Å². The van der Waals surface area contributed by atoms with Crippen molar-refractivity contribution < 1.29 is 23.8 Å². The molecule has 0 aliphatic heterocycles. The largest absolute Gasteiger partial charge is 0.513 e. The number of carbonyl (C=O) groups is 2. The van der Waals surface area contributed by atoms with Crippen LogP contribution < -0.4 is 10.5 Å². The van der Waals surface area contributed by atoms with Gasteiger partial charge in [-0.1, -0.05) is 13.3 Å². The first-order valence-electron chi connectivity index (χ1n) is 5.91. The van der Waals surface area contributed by atoms with Crippen LogP contribution in [0, 0.1) is 0 Å². The van der Waals surface area contributed by atoms with E-state index in [4.69, 9.17) is 15.2 Å². The fraction of sp³-hybridized carbons (Fsp3) is 0.385. The van der Waals surface area contributed by atoms with Crippen LogP contribution in [0.5, 0.6) is 5.75 Å². The van der Waals surface area contributed by atoms with Gasteiger partial charge in [-0.25, -0.2) is 9.59 Å². The first-order valence-corrected chi connectivity index (χ1v) is 5.91. The molecule has 0 amide bonds. The summed E-state index contributed by atoms with van der Waals surface area (Å²) in [4.78, 5) is 22.6. The Bertz CT molecular complexity index is 458. The minimum atomic E-state index is -0.814. The van der Waals surface area contributed by atoms with Gasteiger partial charge in [-0.3, -0.25) is 0 Å². The SMILES string of the molecule is CCCCOC(=O)Oc1ccc(C(=O)OC)cc1N. The van der Waals surface area contributed by atoms with Gasteiger partial charge in [0.1, 0.15) is 0 Å². The van der Waals surface area contributed by atoms with Gasteiger partial charge in [-0.2, -0.15) is 0 Å². The molecule has 6 nitrogen and oxygen atoms in total. The number of esters is 1. The quantitative estimate of drug-likeness (QED) is 0.381. The highest BCUT2D eigenvalue weighted by molar-refractivity contribution is 5.91. The van der Waals surface area contributed by atoms with Crippen LogP contribution >= 0.6 is 0 Å². The molecule has 0 aromatic heterocycles. The predicted octanol–water partition coefficient (Wildman–Crippen LogP) is 2.37. The van der Waals surface area contributed by atoms with Gasteiger partial charge in [-0.15, -0.1) is 0 Å². The molecule has 1 aromatic carbocycles. The molecular weight excluding hydrogens is 250 g/mol. The Labute approximate surface area is 111 Å². The summed E-state index contributed by atoms with van der Waals surface area (Å²) in [6, 6.07) is 4.25. The van der Waals surface area contributed by atoms with E-state index in [9.17, 15) is 9.59 Å². The maximum atomic E-state index is 11.3. The number of carbonyl (C=O) groups excluding carboxylic acids is 2. The van der Waals surface area contributed by atoms with Gasteiger partial charge in [0.25, 0.3) is 0 Å². The highest BCUT2D eigenvalue weighted by Gasteiger charge is 2.12. The number of nitrogens with two attached hydrogens (primary N) is 1. The van der Waals surface area contributed by atoms with Crippen LogP contribution in [-0.4, -0.2) is 25.8 Å². The van der Waals surface area contributed by atoms with E-state index >= 15 is 0 Å². The predicted molar refractivity (Wildman–Crippen MR) is 69.1 cm³/mol. The highest BCUT2D eigenvalue weighted by atomic mass is 16.7. The average molecular weight is 267 g/mol. The Hall–Kier alpha value is -2.24. The lowest BCUT2D eigenvalue weighted by Crippen LogP contribution is -2.13. The molecule has 0 saturated heterocycles. The zero-order valence-corrected chi connectivity index (χ0v) is 11.0. The summed E-state index contributed by atoms with van der Waals surface area (Å²) in [6.07, 6.45) is 0.876. The molecule has 6 heteroatoms. The molecule has 2 N–H and O–H groups in total. The van der Waals surface area contributed by atoms with Crippen molar-refractivity contribution in [3.05, 3.63) is 23.8 Å². The van der Waals surface area contributed by atoms with Gasteiger partial charge in [0, 0.05) is 0 Å². The number of hydrogen-bond acceptors (Lipinski definition) is 6. The summed E-state index contributed by atoms with van der Waals surface area (Å²) < 4.78 is 14.3. The fourth-order valence-electron chi connectivity index (χ4n) is 1.31. The number of anilines is 1. The van der Waals surface area contributed by atoms with E-state index in [1.165, 1.54) is 25.3 Å². The highest BCUT2D eigenvalue weighted by Crippen LogP contribution is 2.23. The molecule has 0 aliphatic carbocycles. The van der Waals surface area contributed by atoms with Crippen LogP contribution in [0.2, 0.25) is 0 Å². The number of hydrogen-bond donors (Lipinski definition) is 1. The van der Waals surface area contributed by atoms with Gasteiger partial charge in [-0.05, 0) is 24.6 Å². The number of unbranched alkanes of at least 4 members (excludes halogenated alkanes) is 1. The number of ether oxygens (including phenoxy) is 3.